The van der Waals surface area contributed by atoms with Crippen molar-refractivity contribution < 1.29 is 14.6 Å². The smallest absolute Gasteiger partial charge is 0.173 e. The molecule has 0 spiro atoms. The fourth-order valence-electron chi connectivity index (χ4n) is 5.44. The number of aliphatic hydroxyl groups is 1. The molecule has 1 heterocycles. The number of benzene rings is 1. The van der Waals surface area contributed by atoms with Crippen molar-refractivity contribution in [1.29, 1.82) is 0 Å². The maximum Gasteiger partial charge on any atom is 0.173 e. The number of ether oxygens (including phenoxy) is 1. The van der Waals surface area contributed by atoms with E-state index in [1.54, 1.807) is 11.3 Å². The minimum atomic E-state index is -0.436. The van der Waals surface area contributed by atoms with Crippen LogP contribution in [-0.2, 0) is 12.8 Å². The van der Waals surface area contributed by atoms with Gasteiger partial charge in [-0.15, -0.1) is 11.3 Å². The molecule has 1 N–H and O–H groups in total. The first-order valence-electron chi connectivity index (χ1n) is 11.2. The maximum absolute atomic E-state index is 13.1. The van der Waals surface area contributed by atoms with E-state index in [9.17, 15) is 9.90 Å². The van der Waals surface area contributed by atoms with Gasteiger partial charge < -0.3 is 9.84 Å². The van der Waals surface area contributed by atoms with Crippen molar-refractivity contribution in [3.63, 3.8) is 0 Å². The molecule has 2 aliphatic rings. The lowest BCUT2D eigenvalue weighted by molar-refractivity contribution is 0.0985. The lowest BCUT2D eigenvalue weighted by Gasteiger charge is -2.16. The molecular formula is C26H34O3S. The van der Waals surface area contributed by atoms with E-state index in [2.05, 4.69) is 32.9 Å². The Morgan fingerprint density at radius 1 is 1.27 bits per heavy atom. The second kappa shape index (κ2) is 7.80. The van der Waals surface area contributed by atoms with Crippen molar-refractivity contribution in [2.24, 2.45) is 11.3 Å². The van der Waals surface area contributed by atoms with Crippen LogP contribution in [0.5, 0.6) is 5.75 Å². The van der Waals surface area contributed by atoms with Gasteiger partial charge in [-0.3, -0.25) is 4.79 Å². The van der Waals surface area contributed by atoms with Crippen molar-refractivity contribution >= 4 is 17.1 Å². The van der Waals surface area contributed by atoms with E-state index in [0.29, 0.717) is 36.6 Å². The number of hydrogen-bond acceptors (Lipinski definition) is 4. The van der Waals surface area contributed by atoms with Crippen molar-refractivity contribution in [1.82, 2.24) is 0 Å². The van der Waals surface area contributed by atoms with Crippen molar-refractivity contribution in [3.8, 4) is 5.75 Å². The summed E-state index contributed by atoms with van der Waals surface area (Å²) in [6, 6.07) is 4.24. The van der Waals surface area contributed by atoms with Crippen LogP contribution in [0.2, 0.25) is 0 Å². The number of ketones is 1. The van der Waals surface area contributed by atoms with Crippen LogP contribution >= 0.6 is 11.3 Å². The number of aryl methyl sites for hydroxylation is 4. The first-order chi connectivity index (χ1) is 14.1. The minimum Gasteiger partial charge on any atom is -0.490 e. The van der Waals surface area contributed by atoms with Crippen LogP contribution in [0.4, 0.5) is 0 Å². The van der Waals surface area contributed by atoms with Gasteiger partial charge in [0, 0.05) is 11.3 Å². The zero-order chi connectivity index (χ0) is 21.8. The Balaban J connectivity index is 1.43. The Morgan fingerprint density at radius 3 is 2.57 bits per heavy atom. The number of hydrogen-bond donors (Lipinski definition) is 1. The summed E-state index contributed by atoms with van der Waals surface area (Å²) in [5, 5.41) is 9.76. The van der Waals surface area contributed by atoms with E-state index < -0.39 is 6.10 Å². The number of thiophene rings is 1. The van der Waals surface area contributed by atoms with E-state index in [-0.39, 0.29) is 0 Å². The van der Waals surface area contributed by atoms with Gasteiger partial charge in [-0.1, -0.05) is 32.9 Å². The summed E-state index contributed by atoms with van der Waals surface area (Å²) >= 11 is 1.72. The van der Waals surface area contributed by atoms with Gasteiger partial charge in [0.25, 0.3) is 0 Å². The lowest BCUT2D eigenvalue weighted by atomic mass is 9.93. The third kappa shape index (κ3) is 3.62. The van der Waals surface area contributed by atoms with Crippen LogP contribution in [0.15, 0.2) is 12.1 Å². The number of fused-ring (bicyclic) bond motifs is 3. The molecule has 0 amide bonds. The molecule has 0 saturated heterocycles. The van der Waals surface area contributed by atoms with E-state index >= 15 is 0 Å². The highest BCUT2D eigenvalue weighted by Gasteiger charge is 2.63. The first kappa shape index (κ1) is 21.6. The van der Waals surface area contributed by atoms with E-state index in [4.69, 9.17) is 4.74 Å². The Kier molecular flexibility index (Phi) is 5.61. The zero-order valence-corrected chi connectivity index (χ0v) is 19.9. The summed E-state index contributed by atoms with van der Waals surface area (Å²) in [6.07, 6.45) is 2.64. The van der Waals surface area contributed by atoms with Crippen LogP contribution < -0.4 is 4.74 Å². The molecule has 1 aromatic carbocycles. The largest absolute Gasteiger partial charge is 0.490 e. The van der Waals surface area contributed by atoms with Crippen molar-refractivity contribution in [2.45, 2.75) is 79.2 Å². The molecule has 0 radical (unpaired) electrons. The summed E-state index contributed by atoms with van der Waals surface area (Å²) in [4.78, 5) is 15.5. The highest BCUT2D eigenvalue weighted by Crippen LogP contribution is 2.71. The average molecular weight is 427 g/mol. The van der Waals surface area contributed by atoms with Crippen molar-refractivity contribution in [2.75, 3.05) is 6.61 Å². The lowest BCUT2D eigenvalue weighted by Crippen LogP contribution is -2.17. The molecule has 2 aliphatic carbocycles. The normalized spacial score (nSPS) is 21.8. The number of Topliss-reactive ketones (excluding diaryl/α,β-unsaturated/α-hetero) is 1. The SMILES string of the molecule is CCC(O)COc1c(C)cc(CCC(=O)c2sc(C)c3c2C[C@@H]2[C@H]3C2(C)C)cc1C. The Hall–Kier alpha value is -1.65. The molecule has 4 heteroatoms. The molecular weight excluding hydrogens is 392 g/mol. The van der Waals surface area contributed by atoms with Gasteiger partial charge in [0.05, 0.1) is 11.0 Å². The fraction of sp³-hybridized carbons (Fsp3) is 0.577. The monoisotopic (exact) mass is 426 g/mol. The quantitative estimate of drug-likeness (QED) is 0.532. The standard InChI is InChI=1S/C26H34O3S/c1-7-18(27)13-29-24-14(2)10-17(11-15(24)3)8-9-21(28)25-19-12-20-23(26(20,5)6)22(19)16(4)30-25/h10-11,18,20,23,27H,7-9,12-13H2,1-6H3/t18?,20-,23-/m1/s1. The van der Waals surface area contributed by atoms with E-state index in [1.165, 1.54) is 21.6 Å². The summed E-state index contributed by atoms with van der Waals surface area (Å²) in [5.74, 6) is 2.57. The van der Waals surface area contributed by atoms with Gasteiger partial charge in [0.15, 0.2) is 5.78 Å². The van der Waals surface area contributed by atoms with Gasteiger partial charge >= 0.3 is 0 Å². The second-order valence-corrected chi connectivity index (χ2v) is 11.1. The molecule has 1 unspecified atom stereocenters. The summed E-state index contributed by atoms with van der Waals surface area (Å²) in [7, 11) is 0. The molecule has 0 bridgehead atoms. The molecule has 30 heavy (non-hydrogen) atoms. The molecule has 4 rings (SSSR count). The first-order valence-corrected chi connectivity index (χ1v) is 12.0. The van der Waals surface area contributed by atoms with Gasteiger partial charge in [0.1, 0.15) is 12.4 Å². The Morgan fingerprint density at radius 2 is 1.93 bits per heavy atom. The highest BCUT2D eigenvalue weighted by atomic mass is 32.1. The van der Waals surface area contributed by atoms with Crippen LogP contribution in [0.3, 0.4) is 0 Å². The van der Waals surface area contributed by atoms with Gasteiger partial charge in [-0.2, -0.15) is 0 Å². The number of carbonyl (C=O) groups is 1. The van der Waals surface area contributed by atoms with Crippen LogP contribution in [0.25, 0.3) is 0 Å². The minimum absolute atomic E-state index is 0.296. The molecule has 2 aromatic rings. The number of aliphatic hydroxyl groups excluding tert-OH is 1. The molecule has 1 saturated carbocycles. The predicted molar refractivity (Wildman–Crippen MR) is 123 cm³/mol. The van der Waals surface area contributed by atoms with Gasteiger partial charge in [-0.25, -0.2) is 0 Å². The van der Waals surface area contributed by atoms with Crippen LogP contribution in [0, 0.1) is 32.1 Å². The topological polar surface area (TPSA) is 46.5 Å². The van der Waals surface area contributed by atoms with Crippen LogP contribution in [0.1, 0.15) is 81.9 Å². The fourth-order valence-corrected chi connectivity index (χ4v) is 6.64. The molecule has 3 atom stereocenters. The van der Waals surface area contributed by atoms with E-state index in [1.807, 2.05) is 20.8 Å². The number of rotatable bonds is 8. The predicted octanol–water partition coefficient (Wildman–Crippen LogP) is 5.93. The Bertz CT molecular complexity index is 961. The summed E-state index contributed by atoms with van der Waals surface area (Å²) in [5.41, 5.74) is 6.59. The van der Waals surface area contributed by atoms with Crippen LogP contribution in [-0.4, -0.2) is 23.6 Å². The second-order valence-electron chi connectivity index (χ2n) is 9.84. The highest BCUT2D eigenvalue weighted by molar-refractivity contribution is 7.14. The number of carbonyl (C=O) groups excluding carboxylic acids is 1. The zero-order valence-electron chi connectivity index (χ0n) is 19.1. The molecule has 3 nitrogen and oxygen atoms in total. The molecule has 162 valence electrons. The molecule has 0 aliphatic heterocycles. The molecule has 1 aromatic heterocycles. The Labute approximate surface area is 184 Å². The summed E-state index contributed by atoms with van der Waals surface area (Å²) in [6.45, 7) is 13.3. The maximum atomic E-state index is 13.1. The third-order valence-electron chi connectivity index (χ3n) is 7.32. The molecule has 1 fully saturated rings. The van der Waals surface area contributed by atoms with Crippen molar-refractivity contribution in [3.05, 3.63) is 49.7 Å². The third-order valence-corrected chi connectivity index (χ3v) is 8.53. The van der Waals surface area contributed by atoms with Gasteiger partial charge in [-0.05, 0) is 85.1 Å². The average Bonchev–Trinajstić information content (AvgIpc) is 3.02. The summed E-state index contributed by atoms with van der Waals surface area (Å²) < 4.78 is 5.84. The van der Waals surface area contributed by atoms with Gasteiger partial charge in [0.2, 0.25) is 0 Å². The van der Waals surface area contributed by atoms with E-state index in [0.717, 1.165) is 40.5 Å².